The topological polar surface area (TPSA) is 43.0 Å². The average molecular weight is 425 g/mol. The first-order valence-corrected chi connectivity index (χ1v) is 12.6. The lowest BCUT2D eigenvalue weighted by Gasteiger charge is -2.44. The molecule has 2 aliphatic carbocycles. The van der Waals surface area contributed by atoms with Crippen LogP contribution in [-0.4, -0.2) is 80.4 Å². The van der Waals surface area contributed by atoms with E-state index in [4.69, 9.17) is 14.2 Å². The summed E-state index contributed by atoms with van der Waals surface area (Å²) in [7, 11) is 0. The first kappa shape index (κ1) is 21.6. The number of alkyl halides is 1. The zero-order valence-corrected chi connectivity index (χ0v) is 18.7. The van der Waals surface area contributed by atoms with Gasteiger partial charge in [0.15, 0.2) is 0 Å². The Morgan fingerprint density at radius 3 is 2.67 bits per heavy atom. The van der Waals surface area contributed by atoms with Crippen LogP contribution in [0.4, 0.5) is 4.39 Å². The summed E-state index contributed by atoms with van der Waals surface area (Å²) in [6.45, 7) is 7.28. The molecule has 30 heavy (non-hydrogen) atoms. The molecule has 0 aromatic carbocycles. The number of rotatable bonds is 0. The number of morpholine rings is 1. The third kappa shape index (κ3) is 4.19. The third-order valence-corrected chi connectivity index (χ3v) is 8.83. The summed E-state index contributed by atoms with van der Waals surface area (Å²) in [5.74, 6) is 1.02. The largest absolute Gasteiger partial charge is 0.378 e. The van der Waals surface area contributed by atoms with Gasteiger partial charge in [-0.15, -0.1) is 0 Å². The monoisotopic (exact) mass is 424 g/mol. The third-order valence-electron chi connectivity index (χ3n) is 8.83. The lowest BCUT2D eigenvalue weighted by molar-refractivity contribution is -0.0981. The normalized spacial score (nSPS) is 48.8. The number of nitrogens with one attached hydrogen (secondary N) is 1. The summed E-state index contributed by atoms with van der Waals surface area (Å²) in [6, 6.07) is 0.831. The van der Waals surface area contributed by atoms with Crippen molar-refractivity contribution >= 4 is 0 Å². The molecule has 4 aliphatic heterocycles. The predicted molar refractivity (Wildman–Crippen MR) is 114 cm³/mol. The van der Waals surface area contributed by atoms with Crippen LogP contribution in [0.3, 0.4) is 0 Å². The minimum atomic E-state index is -0.782. The Bertz CT molecular complexity index is 565. The number of hydrogen-bond donors (Lipinski definition) is 1. The second-order valence-electron chi connectivity index (χ2n) is 10.6. The zero-order chi connectivity index (χ0) is 20.6. The van der Waals surface area contributed by atoms with Crippen LogP contribution in [-0.2, 0) is 14.2 Å². The van der Waals surface area contributed by atoms with Crippen LogP contribution >= 0.6 is 0 Å². The Kier molecular flexibility index (Phi) is 6.69. The molecule has 6 heteroatoms. The molecule has 0 amide bonds. The van der Waals surface area contributed by atoms with Crippen molar-refractivity contribution < 1.29 is 18.6 Å². The molecule has 0 aromatic rings. The van der Waals surface area contributed by atoms with E-state index >= 15 is 0 Å². The molecule has 172 valence electrons. The highest BCUT2D eigenvalue weighted by molar-refractivity contribution is 5.10. The fourth-order valence-electron chi connectivity index (χ4n) is 7.31. The van der Waals surface area contributed by atoms with Crippen LogP contribution < -0.4 is 5.32 Å². The van der Waals surface area contributed by atoms with Crippen molar-refractivity contribution in [3.05, 3.63) is 0 Å². The number of ether oxygens (including phenoxy) is 3. The molecule has 0 radical (unpaired) electrons. The molecule has 4 saturated heterocycles. The molecule has 1 N–H and O–H groups in total. The summed E-state index contributed by atoms with van der Waals surface area (Å²) < 4.78 is 33.7. The number of fused-ring (bicyclic) bond motifs is 6. The van der Waals surface area contributed by atoms with Crippen molar-refractivity contribution in [3.8, 4) is 0 Å². The molecule has 1 spiro atoms. The highest BCUT2D eigenvalue weighted by atomic mass is 19.1. The standard InChI is InChI=1S/C24H41FN2O3/c1-17-14-24(16-28-13-10-26-24)22-15-30-19-8-6-18(7-9-19)20-4-2-5-21(25)23(20)29-12-3-11-27(17)22/h17-23,26H,2-16H2,1H3/t17-,18?,19?,20?,21?,22-,23?,24+/m1/s1. The summed E-state index contributed by atoms with van der Waals surface area (Å²) in [4.78, 5) is 2.62. The minimum absolute atomic E-state index is 0.00525. The Morgan fingerprint density at radius 2 is 1.87 bits per heavy atom. The van der Waals surface area contributed by atoms with E-state index in [0.717, 1.165) is 71.4 Å². The van der Waals surface area contributed by atoms with Crippen molar-refractivity contribution in [1.29, 1.82) is 0 Å². The van der Waals surface area contributed by atoms with Crippen LogP contribution in [0.5, 0.6) is 0 Å². The molecule has 6 fully saturated rings. The van der Waals surface area contributed by atoms with E-state index in [1.807, 2.05) is 0 Å². The summed E-state index contributed by atoms with van der Waals surface area (Å²) >= 11 is 0. The fraction of sp³-hybridized carbons (Fsp3) is 1.00. The van der Waals surface area contributed by atoms with E-state index in [0.29, 0.717) is 43.1 Å². The Hall–Kier alpha value is -0.270. The van der Waals surface area contributed by atoms with Gasteiger partial charge in [0, 0.05) is 25.7 Å². The van der Waals surface area contributed by atoms with Gasteiger partial charge in [0.05, 0.1) is 43.6 Å². The molecule has 2 bridgehead atoms. The maximum atomic E-state index is 14.8. The van der Waals surface area contributed by atoms with Gasteiger partial charge in [0.1, 0.15) is 6.17 Å². The highest BCUT2D eigenvalue weighted by Gasteiger charge is 2.52. The van der Waals surface area contributed by atoms with Crippen molar-refractivity contribution in [3.63, 3.8) is 0 Å². The van der Waals surface area contributed by atoms with E-state index in [9.17, 15) is 4.39 Å². The maximum Gasteiger partial charge on any atom is 0.126 e. The second-order valence-corrected chi connectivity index (χ2v) is 10.6. The Morgan fingerprint density at radius 1 is 1.00 bits per heavy atom. The van der Waals surface area contributed by atoms with Gasteiger partial charge in [-0.2, -0.15) is 0 Å². The van der Waals surface area contributed by atoms with Gasteiger partial charge in [-0.1, -0.05) is 6.42 Å². The van der Waals surface area contributed by atoms with Crippen LogP contribution in [0.2, 0.25) is 0 Å². The minimum Gasteiger partial charge on any atom is -0.378 e. The van der Waals surface area contributed by atoms with Gasteiger partial charge in [-0.3, -0.25) is 4.90 Å². The van der Waals surface area contributed by atoms with Crippen molar-refractivity contribution in [1.82, 2.24) is 10.2 Å². The van der Waals surface area contributed by atoms with Crippen LogP contribution in [0.15, 0.2) is 0 Å². The van der Waals surface area contributed by atoms with Gasteiger partial charge in [-0.25, -0.2) is 4.39 Å². The number of nitrogens with zero attached hydrogens (tertiary/aromatic N) is 1. The van der Waals surface area contributed by atoms with Gasteiger partial charge >= 0.3 is 0 Å². The van der Waals surface area contributed by atoms with Crippen molar-refractivity contribution in [2.45, 2.75) is 101 Å². The van der Waals surface area contributed by atoms with E-state index in [1.54, 1.807) is 0 Å². The Balaban J connectivity index is 1.33. The van der Waals surface area contributed by atoms with E-state index in [-0.39, 0.29) is 11.6 Å². The number of hydrogen-bond acceptors (Lipinski definition) is 5. The molecule has 6 rings (SSSR count). The van der Waals surface area contributed by atoms with Crippen LogP contribution in [0.25, 0.3) is 0 Å². The van der Waals surface area contributed by atoms with E-state index in [1.165, 1.54) is 12.8 Å². The molecule has 0 aromatic heterocycles. The summed E-state index contributed by atoms with van der Waals surface area (Å²) in [6.07, 6.45) is 8.85. The SMILES string of the molecule is C[C@@H]1C[C@]2(COCCN2)[C@H]2COC3CCC(CC3)C3CCCC(F)C3OCCCN12. The zero-order valence-electron chi connectivity index (χ0n) is 18.7. The van der Waals surface area contributed by atoms with Gasteiger partial charge in [0.25, 0.3) is 0 Å². The Labute approximate surface area is 181 Å². The van der Waals surface area contributed by atoms with Gasteiger partial charge < -0.3 is 19.5 Å². The molecule has 4 heterocycles. The first-order valence-electron chi connectivity index (χ1n) is 12.6. The lowest BCUT2D eigenvalue weighted by Crippen LogP contribution is -2.63. The molecule has 2 saturated carbocycles. The smallest absolute Gasteiger partial charge is 0.126 e. The summed E-state index contributed by atoms with van der Waals surface area (Å²) in [5.41, 5.74) is 0.00525. The molecule has 6 atom stereocenters. The summed E-state index contributed by atoms with van der Waals surface area (Å²) in [5, 5.41) is 3.82. The molecular weight excluding hydrogens is 383 g/mol. The van der Waals surface area contributed by atoms with Crippen molar-refractivity contribution in [2.24, 2.45) is 11.8 Å². The molecule has 3 unspecified atom stereocenters. The molecule has 6 aliphatic rings. The van der Waals surface area contributed by atoms with Gasteiger partial charge in [-0.05, 0) is 70.1 Å². The maximum absolute atomic E-state index is 14.8. The fourth-order valence-corrected chi connectivity index (χ4v) is 7.31. The average Bonchev–Trinajstić information content (AvgIpc) is 3.01. The quantitative estimate of drug-likeness (QED) is 0.646. The van der Waals surface area contributed by atoms with Crippen molar-refractivity contribution in [2.75, 3.05) is 39.5 Å². The van der Waals surface area contributed by atoms with Crippen LogP contribution in [0.1, 0.15) is 64.7 Å². The molecule has 5 nitrogen and oxygen atoms in total. The first-order chi connectivity index (χ1) is 14.7. The number of halogens is 1. The predicted octanol–water partition coefficient (Wildman–Crippen LogP) is 3.31. The second kappa shape index (κ2) is 9.30. The van der Waals surface area contributed by atoms with Gasteiger partial charge in [0.2, 0.25) is 0 Å². The van der Waals surface area contributed by atoms with Crippen LogP contribution in [0, 0.1) is 11.8 Å². The lowest BCUT2D eigenvalue weighted by atomic mass is 9.71. The highest BCUT2D eigenvalue weighted by Crippen LogP contribution is 2.42. The van der Waals surface area contributed by atoms with E-state index in [2.05, 4.69) is 17.1 Å². The van der Waals surface area contributed by atoms with E-state index < -0.39 is 6.17 Å². The molecular formula is C24H41FN2O3.